The predicted molar refractivity (Wildman–Crippen MR) is 144 cm³/mol. The van der Waals surface area contributed by atoms with Gasteiger partial charge in [0, 0.05) is 25.6 Å². The van der Waals surface area contributed by atoms with E-state index < -0.39 is 17.7 Å². The van der Waals surface area contributed by atoms with Crippen molar-refractivity contribution in [2.24, 2.45) is 5.92 Å². The SMILES string of the molecule is CCOc1cc(C2/C(=C(/O)c3ccc4c(c3)CC(C)O4)C(=O)C(=O)N2CCOC)ccc1OCCC(C)C. The van der Waals surface area contributed by atoms with Crippen molar-refractivity contribution in [3.8, 4) is 17.2 Å². The van der Waals surface area contributed by atoms with Crippen molar-refractivity contribution in [2.75, 3.05) is 33.5 Å². The number of aliphatic hydroxyl groups excluding tert-OH is 1. The molecule has 0 bridgehead atoms. The topological polar surface area (TPSA) is 94.5 Å². The number of hydrogen-bond acceptors (Lipinski definition) is 7. The third kappa shape index (κ3) is 5.65. The minimum absolute atomic E-state index is 0.0361. The number of benzene rings is 2. The zero-order chi connectivity index (χ0) is 27.4. The fourth-order valence-electron chi connectivity index (χ4n) is 4.86. The van der Waals surface area contributed by atoms with E-state index in [-0.39, 0.29) is 30.6 Å². The van der Waals surface area contributed by atoms with Gasteiger partial charge in [0.2, 0.25) is 0 Å². The Morgan fingerprint density at radius 3 is 2.61 bits per heavy atom. The molecule has 1 N–H and O–H groups in total. The van der Waals surface area contributed by atoms with E-state index in [1.165, 1.54) is 12.0 Å². The van der Waals surface area contributed by atoms with E-state index in [1.807, 2.05) is 26.0 Å². The van der Waals surface area contributed by atoms with Gasteiger partial charge < -0.3 is 29.0 Å². The van der Waals surface area contributed by atoms with Gasteiger partial charge in [0.15, 0.2) is 11.5 Å². The quantitative estimate of drug-likeness (QED) is 0.254. The normalized spacial score (nSPS) is 20.1. The van der Waals surface area contributed by atoms with E-state index >= 15 is 0 Å². The maximum absolute atomic E-state index is 13.3. The molecule has 0 aliphatic carbocycles. The first kappa shape index (κ1) is 27.5. The Balaban J connectivity index is 1.78. The van der Waals surface area contributed by atoms with Crippen LogP contribution >= 0.6 is 0 Å². The monoisotopic (exact) mass is 523 g/mol. The fraction of sp³-hybridized carbons (Fsp3) is 0.467. The summed E-state index contributed by atoms with van der Waals surface area (Å²) in [6.07, 6.45) is 1.65. The number of Topliss-reactive ketones (excluding diaryl/α,β-unsaturated/α-hetero) is 1. The number of fused-ring (bicyclic) bond motifs is 1. The lowest BCUT2D eigenvalue weighted by Crippen LogP contribution is -2.32. The Labute approximate surface area is 224 Å². The van der Waals surface area contributed by atoms with Crippen LogP contribution in [0.2, 0.25) is 0 Å². The molecule has 0 spiro atoms. The number of carbonyl (C=O) groups excluding carboxylic acids is 2. The molecule has 0 radical (unpaired) electrons. The smallest absolute Gasteiger partial charge is 0.295 e. The predicted octanol–water partition coefficient (Wildman–Crippen LogP) is 4.90. The molecule has 0 saturated carbocycles. The lowest BCUT2D eigenvalue weighted by molar-refractivity contribution is -0.140. The van der Waals surface area contributed by atoms with Gasteiger partial charge in [0.1, 0.15) is 17.6 Å². The van der Waals surface area contributed by atoms with E-state index in [2.05, 4.69) is 13.8 Å². The Bertz CT molecular complexity index is 1220. The summed E-state index contributed by atoms with van der Waals surface area (Å²) in [5, 5.41) is 11.4. The second-order valence-corrected chi connectivity index (χ2v) is 10.1. The summed E-state index contributed by atoms with van der Waals surface area (Å²) in [5.74, 6) is 0.754. The Kier molecular flexibility index (Phi) is 8.62. The maximum Gasteiger partial charge on any atom is 0.295 e. The van der Waals surface area contributed by atoms with Gasteiger partial charge in [0.05, 0.1) is 31.4 Å². The number of ether oxygens (including phenoxy) is 4. The molecule has 1 saturated heterocycles. The van der Waals surface area contributed by atoms with Crippen LogP contribution in [0.15, 0.2) is 42.0 Å². The molecule has 8 heteroatoms. The molecule has 2 aromatic rings. The number of amides is 1. The number of rotatable bonds is 11. The number of carbonyl (C=O) groups is 2. The van der Waals surface area contributed by atoms with Gasteiger partial charge in [-0.2, -0.15) is 0 Å². The summed E-state index contributed by atoms with van der Waals surface area (Å²) >= 11 is 0. The average molecular weight is 524 g/mol. The van der Waals surface area contributed by atoms with Crippen molar-refractivity contribution >= 4 is 17.4 Å². The summed E-state index contributed by atoms with van der Waals surface area (Å²) in [7, 11) is 1.54. The summed E-state index contributed by atoms with van der Waals surface area (Å²) in [6.45, 7) is 9.52. The second-order valence-electron chi connectivity index (χ2n) is 10.1. The third-order valence-electron chi connectivity index (χ3n) is 6.78. The highest BCUT2D eigenvalue weighted by Crippen LogP contribution is 2.42. The first-order valence-corrected chi connectivity index (χ1v) is 13.2. The molecular formula is C30H37NO7. The highest BCUT2D eigenvalue weighted by atomic mass is 16.5. The summed E-state index contributed by atoms with van der Waals surface area (Å²) in [6, 6.07) is 9.92. The van der Waals surface area contributed by atoms with Crippen LogP contribution in [0.4, 0.5) is 0 Å². The van der Waals surface area contributed by atoms with Gasteiger partial charge >= 0.3 is 0 Å². The Morgan fingerprint density at radius 1 is 1.11 bits per heavy atom. The van der Waals surface area contributed by atoms with Crippen LogP contribution in [0.1, 0.15) is 56.8 Å². The number of methoxy groups -OCH3 is 1. The molecule has 0 aromatic heterocycles. The molecule has 2 aliphatic heterocycles. The molecular weight excluding hydrogens is 486 g/mol. The molecule has 2 aromatic carbocycles. The molecule has 1 fully saturated rings. The molecule has 2 aliphatic rings. The van der Waals surface area contributed by atoms with Crippen molar-refractivity contribution < 1.29 is 33.6 Å². The second kappa shape index (κ2) is 11.9. The largest absolute Gasteiger partial charge is 0.507 e. The number of nitrogens with zero attached hydrogens (tertiary/aromatic N) is 1. The molecule has 2 heterocycles. The minimum Gasteiger partial charge on any atom is -0.507 e. The fourth-order valence-corrected chi connectivity index (χ4v) is 4.86. The van der Waals surface area contributed by atoms with E-state index in [9.17, 15) is 14.7 Å². The van der Waals surface area contributed by atoms with Gasteiger partial charge in [-0.1, -0.05) is 19.9 Å². The zero-order valence-corrected chi connectivity index (χ0v) is 22.8. The Hall–Kier alpha value is -3.52. The van der Waals surface area contributed by atoms with Crippen LogP contribution in [-0.4, -0.2) is 61.3 Å². The Morgan fingerprint density at radius 2 is 1.89 bits per heavy atom. The summed E-state index contributed by atoms with van der Waals surface area (Å²) in [5.41, 5.74) is 2.09. The van der Waals surface area contributed by atoms with Gasteiger partial charge in [-0.05, 0) is 67.6 Å². The molecule has 204 valence electrons. The lowest BCUT2D eigenvalue weighted by atomic mass is 9.94. The average Bonchev–Trinajstić information content (AvgIpc) is 3.38. The van der Waals surface area contributed by atoms with E-state index in [4.69, 9.17) is 18.9 Å². The van der Waals surface area contributed by atoms with Crippen LogP contribution in [0.25, 0.3) is 5.76 Å². The van der Waals surface area contributed by atoms with Crippen molar-refractivity contribution in [1.82, 2.24) is 4.90 Å². The molecule has 4 rings (SSSR count). The summed E-state index contributed by atoms with van der Waals surface area (Å²) in [4.78, 5) is 27.9. The van der Waals surface area contributed by atoms with Crippen molar-refractivity contribution in [2.45, 2.75) is 52.7 Å². The van der Waals surface area contributed by atoms with Crippen LogP contribution in [0.5, 0.6) is 17.2 Å². The molecule has 2 atom stereocenters. The van der Waals surface area contributed by atoms with Crippen LogP contribution in [0.3, 0.4) is 0 Å². The first-order valence-electron chi connectivity index (χ1n) is 13.2. The van der Waals surface area contributed by atoms with Crippen LogP contribution in [0, 0.1) is 5.92 Å². The highest BCUT2D eigenvalue weighted by molar-refractivity contribution is 6.46. The van der Waals surface area contributed by atoms with E-state index in [0.29, 0.717) is 48.2 Å². The third-order valence-corrected chi connectivity index (χ3v) is 6.78. The number of aliphatic hydroxyl groups is 1. The molecule has 8 nitrogen and oxygen atoms in total. The van der Waals surface area contributed by atoms with Gasteiger partial charge in [-0.25, -0.2) is 0 Å². The van der Waals surface area contributed by atoms with Gasteiger partial charge in [0.25, 0.3) is 11.7 Å². The zero-order valence-electron chi connectivity index (χ0n) is 22.8. The number of likely N-dealkylation sites (tertiary alicyclic amines) is 1. The van der Waals surface area contributed by atoms with E-state index in [1.54, 1.807) is 24.3 Å². The maximum atomic E-state index is 13.3. The van der Waals surface area contributed by atoms with Gasteiger partial charge in [-0.15, -0.1) is 0 Å². The number of hydrogen-bond donors (Lipinski definition) is 1. The number of ketones is 1. The van der Waals surface area contributed by atoms with Crippen LogP contribution in [-0.2, 0) is 20.7 Å². The molecule has 2 unspecified atom stereocenters. The first-order chi connectivity index (χ1) is 18.2. The molecule has 1 amide bonds. The van der Waals surface area contributed by atoms with Crippen molar-refractivity contribution in [3.05, 3.63) is 58.7 Å². The highest BCUT2D eigenvalue weighted by Gasteiger charge is 2.46. The summed E-state index contributed by atoms with van der Waals surface area (Å²) < 4.78 is 22.8. The van der Waals surface area contributed by atoms with Crippen LogP contribution < -0.4 is 14.2 Å². The van der Waals surface area contributed by atoms with Crippen molar-refractivity contribution in [3.63, 3.8) is 0 Å². The minimum atomic E-state index is -0.808. The van der Waals surface area contributed by atoms with E-state index in [0.717, 1.165) is 17.7 Å². The van der Waals surface area contributed by atoms with Gasteiger partial charge in [-0.3, -0.25) is 9.59 Å². The molecule has 38 heavy (non-hydrogen) atoms. The van der Waals surface area contributed by atoms with Crippen molar-refractivity contribution in [1.29, 1.82) is 0 Å². The lowest BCUT2D eigenvalue weighted by Gasteiger charge is -2.26. The standard InChI is InChI=1S/C30H37NO7/c1-6-36-25-17-20(7-10-24(25)37-13-11-18(2)3)27-26(29(33)30(34)31(27)12-14-35-5)28(32)21-8-9-23-22(16-21)15-19(4)38-23/h7-10,16-19,27,32H,6,11-15H2,1-5H3/b28-26-.